The first-order valence-electron chi connectivity index (χ1n) is 6.53. The van der Waals surface area contributed by atoms with Crippen LogP contribution < -0.4 is 5.32 Å². The average Bonchev–Trinajstić information content (AvgIpc) is 2.38. The number of hydrogen-bond donors (Lipinski definition) is 1. The molecule has 2 rings (SSSR count). The molecular formula is C13H18ClN3O2. The van der Waals surface area contributed by atoms with Gasteiger partial charge in [0, 0.05) is 23.7 Å². The molecule has 104 valence electrons. The van der Waals surface area contributed by atoms with E-state index in [0.29, 0.717) is 10.7 Å². The van der Waals surface area contributed by atoms with Gasteiger partial charge in [-0.1, -0.05) is 18.5 Å². The minimum absolute atomic E-state index is 0.0815. The van der Waals surface area contributed by atoms with Crippen LogP contribution in [0.1, 0.15) is 19.8 Å². The molecule has 0 amide bonds. The Labute approximate surface area is 117 Å². The van der Waals surface area contributed by atoms with Gasteiger partial charge in [0.25, 0.3) is 5.69 Å². The van der Waals surface area contributed by atoms with Gasteiger partial charge in [0.2, 0.25) is 0 Å². The predicted octanol–water partition coefficient (Wildman–Crippen LogP) is 3.14. The van der Waals surface area contributed by atoms with Gasteiger partial charge in [-0.05, 0) is 38.1 Å². The van der Waals surface area contributed by atoms with Crippen LogP contribution in [0.3, 0.4) is 0 Å². The van der Waals surface area contributed by atoms with Gasteiger partial charge in [-0.3, -0.25) is 10.1 Å². The molecule has 6 heteroatoms. The normalized spacial score (nSPS) is 20.2. The van der Waals surface area contributed by atoms with E-state index < -0.39 is 0 Å². The minimum Gasteiger partial charge on any atom is -0.375 e. The maximum atomic E-state index is 11.0. The number of likely N-dealkylation sites (tertiary alicyclic amines) is 1. The zero-order valence-electron chi connectivity index (χ0n) is 10.9. The number of halogens is 1. The number of nitrogens with zero attached hydrogens (tertiary/aromatic N) is 2. The number of benzene rings is 1. The second kappa shape index (κ2) is 6.21. The molecule has 1 fully saturated rings. The molecule has 1 aliphatic rings. The lowest BCUT2D eigenvalue weighted by Gasteiger charge is -2.32. The third-order valence-corrected chi connectivity index (χ3v) is 3.70. The highest BCUT2D eigenvalue weighted by molar-refractivity contribution is 6.31. The summed E-state index contributed by atoms with van der Waals surface area (Å²) < 4.78 is 0. The van der Waals surface area contributed by atoms with E-state index in [4.69, 9.17) is 11.6 Å². The van der Waals surface area contributed by atoms with E-state index in [1.54, 1.807) is 12.1 Å². The summed E-state index contributed by atoms with van der Waals surface area (Å²) >= 11 is 5.92. The Morgan fingerprint density at radius 3 is 3.05 bits per heavy atom. The van der Waals surface area contributed by atoms with Crippen LogP contribution >= 0.6 is 11.6 Å². The van der Waals surface area contributed by atoms with E-state index in [2.05, 4.69) is 17.1 Å². The van der Waals surface area contributed by atoms with Gasteiger partial charge in [0.05, 0.1) is 4.92 Å². The van der Waals surface area contributed by atoms with Crippen molar-refractivity contribution < 1.29 is 4.92 Å². The molecule has 1 unspecified atom stereocenters. The molecule has 1 aliphatic heterocycles. The second-order valence-corrected chi connectivity index (χ2v) is 5.23. The highest BCUT2D eigenvalue weighted by Crippen LogP contribution is 2.29. The third-order valence-electron chi connectivity index (χ3n) is 3.47. The topological polar surface area (TPSA) is 58.4 Å². The van der Waals surface area contributed by atoms with Crippen molar-refractivity contribution in [2.24, 2.45) is 0 Å². The summed E-state index contributed by atoms with van der Waals surface area (Å²) in [6.07, 6.45) is 2.14. The molecule has 0 aliphatic carbocycles. The maximum Gasteiger partial charge on any atom is 0.292 e. The first-order valence-corrected chi connectivity index (χ1v) is 6.90. The quantitative estimate of drug-likeness (QED) is 0.681. The fraction of sp³-hybridized carbons (Fsp3) is 0.538. The summed E-state index contributed by atoms with van der Waals surface area (Å²) in [6, 6.07) is 4.87. The first-order chi connectivity index (χ1) is 9.10. The van der Waals surface area contributed by atoms with Crippen LogP contribution in [-0.4, -0.2) is 35.5 Å². The third kappa shape index (κ3) is 3.58. The van der Waals surface area contributed by atoms with Crippen molar-refractivity contribution in [2.45, 2.75) is 25.8 Å². The zero-order chi connectivity index (χ0) is 13.8. The Kier molecular flexibility index (Phi) is 4.61. The van der Waals surface area contributed by atoms with E-state index in [1.807, 2.05) is 0 Å². The van der Waals surface area contributed by atoms with Crippen LogP contribution in [0.15, 0.2) is 18.2 Å². The molecule has 19 heavy (non-hydrogen) atoms. The van der Waals surface area contributed by atoms with Crippen LogP contribution in [0.25, 0.3) is 0 Å². The highest BCUT2D eigenvalue weighted by atomic mass is 35.5. The molecule has 1 heterocycles. The molecule has 0 saturated carbocycles. The van der Waals surface area contributed by atoms with Crippen LogP contribution in [0.5, 0.6) is 0 Å². The number of rotatable bonds is 4. The van der Waals surface area contributed by atoms with Gasteiger partial charge < -0.3 is 10.2 Å². The lowest BCUT2D eigenvalue weighted by atomic mass is 10.1. The number of anilines is 1. The van der Waals surface area contributed by atoms with E-state index in [0.717, 1.165) is 32.5 Å². The lowest BCUT2D eigenvalue weighted by molar-refractivity contribution is -0.384. The molecule has 1 aromatic rings. The number of nitro benzene ring substituents is 1. The lowest BCUT2D eigenvalue weighted by Crippen LogP contribution is -2.41. The number of likely N-dealkylation sites (N-methyl/N-ethyl adjacent to an activating group) is 1. The van der Waals surface area contributed by atoms with E-state index >= 15 is 0 Å². The zero-order valence-corrected chi connectivity index (χ0v) is 11.7. The van der Waals surface area contributed by atoms with E-state index in [1.165, 1.54) is 6.07 Å². The van der Waals surface area contributed by atoms with Crippen molar-refractivity contribution in [1.82, 2.24) is 4.90 Å². The summed E-state index contributed by atoms with van der Waals surface area (Å²) in [6.45, 7) is 5.16. The van der Waals surface area contributed by atoms with Crippen molar-refractivity contribution in [3.63, 3.8) is 0 Å². The SMILES string of the molecule is CCN1CCCC(Nc2cc(Cl)ccc2[N+](=O)[O-])C1. The second-order valence-electron chi connectivity index (χ2n) is 4.80. The Bertz CT molecular complexity index is 467. The van der Waals surface area contributed by atoms with Crippen LogP contribution in [0, 0.1) is 10.1 Å². The van der Waals surface area contributed by atoms with Crippen LogP contribution in [-0.2, 0) is 0 Å². The molecule has 0 bridgehead atoms. The van der Waals surface area contributed by atoms with E-state index in [9.17, 15) is 10.1 Å². The molecule has 1 atom stereocenters. The van der Waals surface area contributed by atoms with Crippen molar-refractivity contribution in [2.75, 3.05) is 25.0 Å². The molecule has 0 aromatic heterocycles. The van der Waals surface area contributed by atoms with Crippen LogP contribution in [0.2, 0.25) is 5.02 Å². The Morgan fingerprint density at radius 2 is 2.37 bits per heavy atom. The number of hydrogen-bond acceptors (Lipinski definition) is 4. The molecule has 0 spiro atoms. The number of nitrogens with one attached hydrogen (secondary N) is 1. The highest BCUT2D eigenvalue weighted by Gasteiger charge is 2.22. The fourth-order valence-corrected chi connectivity index (χ4v) is 2.64. The number of nitro groups is 1. The molecule has 5 nitrogen and oxygen atoms in total. The summed E-state index contributed by atoms with van der Waals surface area (Å²) in [7, 11) is 0. The van der Waals surface area contributed by atoms with Crippen molar-refractivity contribution >= 4 is 23.0 Å². The largest absolute Gasteiger partial charge is 0.375 e. The monoisotopic (exact) mass is 283 g/mol. The Balaban J connectivity index is 2.13. The van der Waals surface area contributed by atoms with Gasteiger partial charge in [0.15, 0.2) is 0 Å². The smallest absolute Gasteiger partial charge is 0.292 e. The maximum absolute atomic E-state index is 11.0. The molecule has 1 aromatic carbocycles. The standard InChI is InChI=1S/C13H18ClN3O2/c1-2-16-7-3-4-11(9-16)15-12-8-10(14)5-6-13(12)17(18)19/h5-6,8,11,15H,2-4,7,9H2,1H3. The van der Waals surface area contributed by atoms with Crippen molar-refractivity contribution in [3.8, 4) is 0 Å². The summed E-state index contributed by atoms with van der Waals surface area (Å²) in [4.78, 5) is 13.0. The fourth-order valence-electron chi connectivity index (χ4n) is 2.46. The summed E-state index contributed by atoms with van der Waals surface area (Å²) in [5, 5.41) is 14.8. The number of piperidine rings is 1. The van der Waals surface area contributed by atoms with Gasteiger partial charge in [0.1, 0.15) is 5.69 Å². The van der Waals surface area contributed by atoms with Gasteiger partial charge in [-0.2, -0.15) is 0 Å². The van der Waals surface area contributed by atoms with Crippen molar-refractivity contribution in [3.05, 3.63) is 33.3 Å². The molecule has 1 N–H and O–H groups in total. The van der Waals surface area contributed by atoms with Gasteiger partial charge in [-0.25, -0.2) is 0 Å². The van der Waals surface area contributed by atoms with Crippen LogP contribution in [0.4, 0.5) is 11.4 Å². The van der Waals surface area contributed by atoms with Gasteiger partial charge >= 0.3 is 0 Å². The summed E-state index contributed by atoms with van der Waals surface area (Å²) in [5.41, 5.74) is 0.596. The minimum atomic E-state index is -0.376. The average molecular weight is 284 g/mol. The Morgan fingerprint density at radius 1 is 1.58 bits per heavy atom. The molecular weight excluding hydrogens is 266 g/mol. The van der Waals surface area contributed by atoms with Crippen molar-refractivity contribution in [1.29, 1.82) is 0 Å². The first kappa shape index (κ1) is 14.1. The van der Waals surface area contributed by atoms with E-state index in [-0.39, 0.29) is 16.7 Å². The molecule has 1 saturated heterocycles. The predicted molar refractivity (Wildman–Crippen MR) is 76.9 cm³/mol. The van der Waals surface area contributed by atoms with Gasteiger partial charge in [-0.15, -0.1) is 0 Å². The summed E-state index contributed by atoms with van der Waals surface area (Å²) in [5.74, 6) is 0. The molecule has 0 radical (unpaired) electrons. The Hall–Kier alpha value is -1.33.